The highest BCUT2D eigenvalue weighted by Gasteiger charge is 2.23. The van der Waals surface area contributed by atoms with Crippen molar-refractivity contribution in [3.63, 3.8) is 0 Å². The van der Waals surface area contributed by atoms with E-state index < -0.39 is 5.92 Å². The first-order valence-corrected chi connectivity index (χ1v) is 6.28. The van der Waals surface area contributed by atoms with Crippen LogP contribution in [0.4, 0.5) is 0 Å². The largest absolute Gasteiger partial charge is 0.465 e. The third-order valence-corrected chi connectivity index (χ3v) is 2.76. The van der Waals surface area contributed by atoms with Gasteiger partial charge in [0.25, 0.3) is 0 Å². The molecular formula is C15H16N2O2. The fourth-order valence-corrected chi connectivity index (χ4v) is 1.86. The normalized spacial score (nSPS) is 11.8. The summed E-state index contributed by atoms with van der Waals surface area (Å²) >= 11 is 0. The Kier molecular flexibility index (Phi) is 4.61. The maximum Gasteiger partial charge on any atom is 0.315 e. The summed E-state index contributed by atoms with van der Waals surface area (Å²) in [6.07, 6.45) is 3.90. The van der Waals surface area contributed by atoms with Gasteiger partial charge in [0.15, 0.2) is 0 Å². The van der Waals surface area contributed by atoms with E-state index in [0.717, 1.165) is 5.69 Å². The molecule has 19 heavy (non-hydrogen) atoms. The minimum Gasteiger partial charge on any atom is -0.465 e. The zero-order chi connectivity index (χ0) is 13.5. The van der Waals surface area contributed by atoms with E-state index in [4.69, 9.17) is 4.74 Å². The molecule has 4 nitrogen and oxygen atoms in total. The fraction of sp³-hybridized carbons (Fsp3) is 0.267. The third kappa shape index (κ3) is 3.61. The first kappa shape index (κ1) is 13.2. The summed E-state index contributed by atoms with van der Waals surface area (Å²) in [7, 11) is 0. The summed E-state index contributed by atoms with van der Waals surface area (Å²) in [4.78, 5) is 20.6. The van der Waals surface area contributed by atoms with Crippen molar-refractivity contribution in [2.45, 2.75) is 19.3 Å². The van der Waals surface area contributed by atoms with Gasteiger partial charge in [-0.2, -0.15) is 0 Å². The monoisotopic (exact) mass is 256 g/mol. The number of carbonyl (C=O) groups is 1. The highest BCUT2D eigenvalue weighted by atomic mass is 16.5. The molecular weight excluding hydrogens is 240 g/mol. The Balaban J connectivity index is 2.22. The van der Waals surface area contributed by atoms with Crippen LogP contribution in [-0.2, 0) is 16.0 Å². The van der Waals surface area contributed by atoms with Crippen LogP contribution in [0, 0.1) is 0 Å². The van der Waals surface area contributed by atoms with E-state index in [0.29, 0.717) is 18.7 Å². The molecule has 4 heteroatoms. The number of hydrogen-bond acceptors (Lipinski definition) is 4. The Morgan fingerprint density at radius 2 is 1.89 bits per heavy atom. The maximum atomic E-state index is 12.1. The SMILES string of the molecule is CCOC(=O)C(Cc1ccccn1)c1ccccn1. The van der Waals surface area contributed by atoms with Crippen molar-refractivity contribution in [1.29, 1.82) is 0 Å². The molecule has 0 amide bonds. The second-order valence-corrected chi connectivity index (χ2v) is 4.08. The van der Waals surface area contributed by atoms with Gasteiger partial charge in [0.05, 0.1) is 12.3 Å². The zero-order valence-electron chi connectivity index (χ0n) is 10.8. The summed E-state index contributed by atoms with van der Waals surface area (Å²) < 4.78 is 5.12. The van der Waals surface area contributed by atoms with Gasteiger partial charge in [-0.15, -0.1) is 0 Å². The van der Waals surface area contributed by atoms with Crippen LogP contribution in [0.5, 0.6) is 0 Å². The standard InChI is InChI=1S/C15H16N2O2/c1-2-19-15(18)13(14-8-4-6-10-17-14)11-12-7-3-5-9-16-12/h3-10,13H,2,11H2,1H3. The lowest BCUT2D eigenvalue weighted by molar-refractivity contribution is -0.145. The zero-order valence-corrected chi connectivity index (χ0v) is 10.8. The van der Waals surface area contributed by atoms with Crippen molar-refractivity contribution in [1.82, 2.24) is 9.97 Å². The van der Waals surface area contributed by atoms with Crippen LogP contribution < -0.4 is 0 Å². The molecule has 2 aromatic rings. The van der Waals surface area contributed by atoms with Crippen LogP contribution >= 0.6 is 0 Å². The average molecular weight is 256 g/mol. The molecule has 1 unspecified atom stereocenters. The third-order valence-electron chi connectivity index (χ3n) is 2.76. The van der Waals surface area contributed by atoms with Gasteiger partial charge in [-0.3, -0.25) is 14.8 Å². The van der Waals surface area contributed by atoms with Gasteiger partial charge in [0.2, 0.25) is 0 Å². The first-order chi connectivity index (χ1) is 9.31. The molecule has 2 rings (SSSR count). The summed E-state index contributed by atoms with van der Waals surface area (Å²) in [5, 5.41) is 0. The number of rotatable bonds is 5. The Labute approximate surface area is 112 Å². The quantitative estimate of drug-likeness (QED) is 0.771. The number of nitrogens with zero attached hydrogens (tertiary/aromatic N) is 2. The summed E-state index contributed by atoms with van der Waals surface area (Å²) in [5.74, 6) is -0.664. The number of carbonyl (C=O) groups excluding carboxylic acids is 1. The van der Waals surface area contributed by atoms with Gasteiger partial charge in [-0.1, -0.05) is 12.1 Å². The van der Waals surface area contributed by atoms with Gasteiger partial charge in [0.1, 0.15) is 5.92 Å². The molecule has 2 aromatic heterocycles. The molecule has 0 bridgehead atoms. The van der Waals surface area contributed by atoms with Gasteiger partial charge >= 0.3 is 5.97 Å². The Morgan fingerprint density at radius 1 is 1.16 bits per heavy atom. The lowest BCUT2D eigenvalue weighted by Gasteiger charge is -2.14. The van der Waals surface area contributed by atoms with Gasteiger partial charge in [0, 0.05) is 24.5 Å². The molecule has 0 spiro atoms. The van der Waals surface area contributed by atoms with Crippen LogP contribution in [-0.4, -0.2) is 22.5 Å². The summed E-state index contributed by atoms with van der Waals surface area (Å²) in [6, 6.07) is 11.2. The molecule has 0 fully saturated rings. The number of ether oxygens (including phenoxy) is 1. The Morgan fingerprint density at radius 3 is 2.47 bits per heavy atom. The minimum absolute atomic E-state index is 0.258. The minimum atomic E-state index is -0.406. The topological polar surface area (TPSA) is 52.1 Å². The number of esters is 1. The highest BCUT2D eigenvalue weighted by Crippen LogP contribution is 2.19. The van der Waals surface area contributed by atoms with Crippen molar-refractivity contribution in [3.8, 4) is 0 Å². The van der Waals surface area contributed by atoms with Crippen molar-refractivity contribution in [3.05, 3.63) is 60.2 Å². The van der Waals surface area contributed by atoms with Gasteiger partial charge in [-0.05, 0) is 31.2 Å². The van der Waals surface area contributed by atoms with Crippen LogP contribution in [0.3, 0.4) is 0 Å². The summed E-state index contributed by atoms with van der Waals surface area (Å²) in [6.45, 7) is 2.17. The van der Waals surface area contributed by atoms with E-state index in [1.807, 2.05) is 36.4 Å². The van der Waals surface area contributed by atoms with Crippen LogP contribution in [0.15, 0.2) is 48.8 Å². The smallest absolute Gasteiger partial charge is 0.315 e. The van der Waals surface area contributed by atoms with Gasteiger partial charge in [-0.25, -0.2) is 0 Å². The summed E-state index contributed by atoms with van der Waals surface area (Å²) in [5.41, 5.74) is 1.57. The van der Waals surface area contributed by atoms with E-state index in [1.54, 1.807) is 19.3 Å². The fourth-order valence-electron chi connectivity index (χ4n) is 1.86. The molecule has 0 aliphatic rings. The predicted octanol–water partition coefficient (Wildman–Crippen LogP) is 2.37. The van der Waals surface area contributed by atoms with Crippen LogP contribution in [0.1, 0.15) is 24.2 Å². The molecule has 0 aliphatic heterocycles. The molecule has 2 heterocycles. The lowest BCUT2D eigenvalue weighted by atomic mass is 9.98. The number of hydrogen-bond donors (Lipinski definition) is 0. The molecule has 0 radical (unpaired) electrons. The van der Waals surface area contributed by atoms with Crippen molar-refractivity contribution in [2.75, 3.05) is 6.61 Å². The van der Waals surface area contributed by atoms with Crippen molar-refractivity contribution in [2.24, 2.45) is 0 Å². The van der Waals surface area contributed by atoms with E-state index in [9.17, 15) is 4.79 Å². The lowest BCUT2D eigenvalue weighted by Crippen LogP contribution is -2.19. The molecule has 0 saturated carbocycles. The highest BCUT2D eigenvalue weighted by molar-refractivity contribution is 5.77. The molecule has 0 saturated heterocycles. The van der Waals surface area contributed by atoms with E-state index in [2.05, 4.69) is 9.97 Å². The average Bonchev–Trinajstić information content (AvgIpc) is 2.47. The van der Waals surface area contributed by atoms with Crippen molar-refractivity contribution >= 4 is 5.97 Å². The molecule has 1 atom stereocenters. The first-order valence-electron chi connectivity index (χ1n) is 6.28. The molecule has 98 valence electrons. The molecule has 0 aromatic carbocycles. The van der Waals surface area contributed by atoms with Gasteiger partial charge < -0.3 is 4.74 Å². The van der Waals surface area contributed by atoms with E-state index in [-0.39, 0.29) is 5.97 Å². The second-order valence-electron chi connectivity index (χ2n) is 4.08. The Hall–Kier alpha value is -2.23. The van der Waals surface area contributed by atoms with E-state index >= 15 is 0 Å². The molecule has 0 N–H and O–H groups in total. The Bertz CT molecular complexity index is 514. The van der Waals surface area contributed by atoms with E-state index in [1.165, 1.54) is 0 Å². The van der Waals surface area contributed by atoms with Crippen LogP contribution in [0.25, 0.3) is 0 Å². The predicted molar refractivity (Wildman–Crippen MR) is 71.6 cm³/mol. The van der Waals surface area contributed by atoms with Crippen LogP contribution in [0.2, 0.25) is 0 Å². The number of aromatic nitrogens is 2. The second kappa shape index (κ2) is 6.64. The number of pyridine rings is 2. The maximum absolute atomic E-state index is 12.1. The van der Waals surface area contributed by atoms with Crippen molar-refractivity contribution < 1.29 is 9.53 Å². The molecule has 0 aliphatic carbocycles.